The van der Waals surface area contributed by atoms with Crippen molar-refractivity contribution in [2.75, 3.05) is 27.9 Å². The summed E-state index contributed by atoms with van der Waals surface area (Å²) < 4.78 is 33.4. The highest BCUT2D eigenvalue weighted by Gasteiger charge is 2.21. The fourth-order valence-electron chi connectivity index (χ4n) is 2.49. The number of hydrogen-bond donors (Lipinski definition) is 1. The minimum absolute atomic E-state index is 0.0751. The van der Waals surface area contributed by atoms with Gasteiger partial charge in [-0.3, -0.25) is 9.59 Å². The van der Waals surface area contributed by atoms with Gasteiger partial charge in [-0.1, -0.05) is 6.07 Å². The van der Waals surface area contributed by atoms with Crippen LogP contribution in [0, 0.1) is 5.82 Å². The minimum Gasteiger partial charge on any atom is -0.493 e. The van der Waals surface area contributed by atoms with Crippen molar-refractivity contribution < 1.29 is 32.9 Å². The zero-order chi connectivity index (χ0) is 20.5. The molecular weight excluding hydrogens is 369 g/mol. The third-order valence-electron chi connectivity index (χ3n) is 3.93. The van der Waals surface area contributed by atoms with Crippen LogP contribution in [0.2, 0.25) is 0 Å². The zero-order valence-electron chi connectivity index (χ0n) is 15.9. The van der Waals surface area contributed by atoms with Gasteiger partial charge in [0, 0.05) is 0 Å². The molecular formula is C20H22FNO6. The molecule has 28 heavy (non-hydrogen) atoms. The number of halogens is 1. The molecule has 1 N–H and O–H groups in total. The maximum Gasteiger partial charge on any atom is 0.307 e. The number of carbonyl (C=O) groups excluding carboxylic acids is 2. The Balaban J connectivity index is 2.10. The molecule has 7 nitrogen and oxygen atoms in total. The first-order valence-corrected chi connectivity index (χ1v) is 8.43. The molecule has 0 saturated heterocycles. The summed E-state index contributed by atoms with van der Waals surface area (Å²) in [6.45, 7) is -0.295. The molecule has 0 radical (unpaired) electrons. The summed E-state index contributed by atoms with van der Waals surface area (Å²) in [7, 11) is 4.28. The number of carbonyl (C=O) groups is 2. The van der Waals surface area contributed by atoms with Gasteiger partial charge < -0.3 is 24.3 Å². The smallest absolute Gasteiger partial charge is 0.307 e. The third kappa shape index (κ3) is 5.87. The summed E-state index contributed by atoms with van der Waals surface area (Å²) >= 11 is 0. The van der Waals surface area contributed by atoms with E-state index in [1.807, 2.05) is 0 Å². The molecule has 0 spiro atoms. The predicted molar refractivity (Wildman–Crippen MR) is 99.0 cm³/mol. The standard InChI is InChI=1S/C20H22FNO6/c1-25-17-9-4-13(10-18(17)26-2)16(11-20(24)27-3)22-19(23)12-28-15-7-5-14(21)6-8-15/h4-10,16H,11-12H2,1-3H3,(H,22,23)/t16-/m0/s1. The topological polar surface area (TPSA) is 83.1 Å². The second kappa shape index (κ2) is 10.1. The van der Waals surface area contributed by atoms with Gasteiger partial charge in [-0.25, -0.2) is 4.39 Å². The van der Waals surface area contributed by atoms with Crippen molar-refractivity contribution in [3.05, 3.63) is 53.8 Å². The van der Waals surface area contributed by atoms with Crippen molar-refractivity contribution in [1.29, 1.82) is 0 Å². The number of nitrogens with one attached hydrogen (secondary N) is 1. The number of benzene rings is 2. The van der Waals surface area contributed by atoms with Crippen LogP contribution in [0.4, 0.5) is 4.39 Å². The molecule has 0 aromatic heterocycles. The molecule has 0 aliphatic heterocycles. The number of methoxy groups -OCH3 is 3. The summed E-state index contributed by atoms with van der Waals surface area (Å²) in [5.74, 6) is 0.00356. The van der Waals surface area contributed by atoms with Gasteiger partial charge in [0.1, 0.15) is 11.6 Å². The maximum absolute atomic E-state index is 12.9. The van der Waals surface area contributed by atoms with Crippen molar-refractivity contribution in [3.63, 3.8) is 0 Å². The van der Waals surface area contributed by atoms with Gasteiger partial charge in [-0.2, -0.15) is 0 Å². The molecule has 2 aromatic rings. The molecule has 1 atom stereocenters. The Kier molecular flexibility index (Phi) is 7.62. The van der Waals surface area contributed by atoms with Crippen LogP contribution in [0.1, 0.15) is 18.0 Å². The average molecular weight is 391 g/mol. The van der Waals surface area contributed by atoms with Crippen LogP contribution in [0.3, 0.4) is 0 Å². The second-order valence-electron chi connectivity index (χ2n) is 5.76. The molecule has 0 saturated carbocycles. The van der Waals surface area contributed by atoms with E-state index < -0.39 is 23.7 Å². The number of hydrogen-bond acceptors (Lipinski definition) is 6. The Labute approximate surface area is 162 Å². The largest absolute Gasteiger partial charge is 0.493 e. The van der Waals surface area contributed by atoms with Crippen molar-refractivity contribution in [2.24, 2.45) is 0 Å². The zero-order valence-corrected chi connectivity index (χ0v) is 15.9. The van der Waals surface area contributed by atoms with E-state index in [1.54, 1.807) is 18.2 Å². The lowest BCUT2D eigenvalue weighted by molar-refractivity contribution is -0.141. The van der Waals surface area contributed by atoms with Crippen LogP contribution in [0.5, 0.6) is 17.2 Å². The lowest BCUT2D eigenvalue weighted by Crippen LogP contribution is -2.34. The molecule has 0 aliphatic carbocycles. The molecule has 0 bridgehead atoms. The van der Waals surface area contributed by atoms with Crippen molar-refractivity contribution >= 4 is 11.9 Å². The Morgan fingerprint density at radius 2 is 1.68 bits per heavy atom. The summed E-state index contributed by atoms with van der Waals surface area (Å²) in [4.78, 5) is 24.1. The highest BCUT2D eigenvalue weighted by molar-refractivity contribution is 5.79. The quantitative estimate of drug-likeness (QED) is 0.662. The summed E-state index contributed by atoms with van der Waals surface area (Å²) in [5.41, 5.74) is 0.637. The molecule has 0 aliphatic rings. The SMILES string of the molecule is COC(=O)C[C@H](NC(=O)COc1ccc(F)cc1)c1ccc(OC)c(OC)c1. The Hall–Kier alpha value is -3.29. The fraction of sp³-hybridized carbons (Fsp3) is 0.300. The molecule has 8 heteroatoms. The number of ether oxygens (including phenoxy) is 4. The molecule has 0 fully saturated rings. The molecule has 150 valence electrons. The number of rotatable bonds is 9. The first-order chi connectivity index (χ1) is 13.5. The molecule has 0 heterocycles. The molecule has 2 rings (SSSR count). The van der Waals surface area contributed by atoms with Gasteiger partial charge in [-0.15, -0.1) is 0 Å². The highest BCUT2D eigenvalue weighted by Crippen LogP contribution is 2.31. The van der Waals surface area contributed by atoms with Gasteiger partial charge in [0.15, 0.2) is 18.1 Å². The van der Waals surface area contributed by atoms with Crippen molar-refractivity contribution in [1.82, 2.24) is 5.32 Å². The van der Waals surface area contributed by atoms with Gasteiger partial charge in [0.2, 0.25) is 0 Å². The van der Waals surface area contributed by atoms with E-state index in [0.717, 1.165) is 0 Å². The summed E-state index contributed by atoms with van der Waals surface area (Å²) in [6.07, 6.45) is -0.0751. The van der Waals surface area contributed by atoms with E-state index in [1.165, 1.54) is 45.6 Å². The fourth-order valence-corrected chi connectivity index (χ4v) is 2.49. The minimum atomic E-state index is -0.656. The van der Waals surface area contributed by atoms with Gasteiger partial charge in [0.25, 0.3) is 5.91 Å². The van der Waals surface area contributed by atoms with Crippen LogP contribution in [-0.2, 0) is 14.3 Å². The Morgan fingerprint density at radius 1 is 1.00 bits per heavy atom. The summed E-state index contributed by atoms with van der Waals surface area (Å²) in [5, 5.41) is 2.73. The van der Waals surface area contributed by atoms with Crippen LogP contribution >= 0.6 is 0 Å². The van der Waals surface area contributed by atoms with E-state index in [4.69, 9.17) is 18.9 Å². The molecule has 1 amide bonds. The average Bonchev–Trinajstić information content (AvgIpc) is 2.72. The first kappa shape index (κ1) is 21.0. The third-order valence-corrected chi connectivity index (χ3v) is 3.93. The van der Waals surface area contributed by atoms with Gasteiger partial charge >= 0.3 is 5.97 Å². The normalized spacial score (nSPS) is 11.3. The van der Waals surface area contributed by atoms with Crippen LogP contribution in [-0.4, -0.2) is 39.8 Å². The summed E-state index contributed by atoms with van der Waals surface area (Å²) in [6, 6.07) is 9.72. The van der Waals surface area contributed by atoms with Gasteiger partial charge in [0.05, 0.1) is 33.8 Å². The van der Waals surface area contributed by atoms with E-state index in [9.17, 15) is 14.0 Å². The second-order valence-corrected chi connectivity index (χ2v) is 5.76. The monoisotopic (exact) mass is 391 g/mol. The highest BCUT2D eigenvalue weighted by atomic mass is 19.1. The first-order valence-electron chi connectivity index (χ1n) is 8.43. The molecule has 0 unspecified atom stereocenters. The Morgan fingerprint density at radius 3 is 2.29 bits per heavy atom. The van der Waals surface area contributed by atoms with Crippen molar-refractivity contribution in [2.45, 2.75) is 12.5 Å². The van der Waals surface area contributed by atoms with E-state index in [0.29, 0.717) is 22.8 Å². The van der Waals surface area contributed by atoms with Crippen molar-refractivity contribution in [3.8, 4) is 17.2 Å². The molecule has 2 aromatic carbocycles. The van der Waals surface area contributed by atoms with Crippen LogP contribution < -0.4 is 19.5 Å². The number of esters is 1. The maximum atomic E-state index is 12.9. The number of amides is 1. The lowest BCUT2D eigenvalue weighted by atomic mass is 10.0. The van der Waals surface area contributed by atoms with E-state index in [-0.39, 0.29) is 13.0 Å². The Bertz CT molecular complexity index is 809. The van der Waals surface area contributed by atoms with E-state index >= 15 is 0 Å². The van der Waals surface area contributed by atoms with Crippen LogP contribution in [0.25, 0.3) is 0 Å². The van der Waals surface area contributed by atoms with E-state index in [2.05, 4.69) is 5.32 Å². The predicted octanol–water partition coefficient (Wildman–Crippen LogP) is 2.64. The van der Waals surface area contributed by atoms with Crippen LogP contribution in [0.15, 0.2) is 42.5 Å². The lowest BCUT2D eigenvalue weighted by Gasteiger charge is -2.20. The van der Waals surface area contributed by atoms with Gasteiger partial charge in [-0.05, 0) is 42.0 Å².